The number of benzene rings is 1. The van der Waals surface area contributed by atoms with E-state index in [9.17, 15) is 19.8 Å². The summed E-state index contributed by atoms with van der Waals surface area (Å²) in [6.07, 6.45) is 0.343. The van der Waals surface area contributed by atoms with Crippen LogP contribution in [-0.2, 0) is 4.79 Å². The molecule has 1 rings (SSSR count). The molecule has 0 aliphatic carbocycles. The van der Waals surface area contributed by atoms with Crippen LogP contribution in [0, 0.1) is 5.41 Å². The molecule has 19 heavy (non-hydrogen) atoms. The molecular weight excluding hydrogens is 250 g/mol. The summed E-state index contributed by atoms with van der Waals surface area (Å²) >= 11 is 0. The lowest BCUT2D eigenvalue weighted by Crippen LogP contribution is -2.40. The number of rotatable bonds is 5. The average molecular weight is 267 g/mol. The average Bonchev–Trinajstić information content (AvgIpc) is 2.35. The fraction of sp³-hybridized carbons (Fsp3) is 0.385. The van der Waals surface area contributed by atoms with Crippen molar-refractivity contribution in [3.8, 4) is 11.5 Å². The van der Waals surface area contributed by atoms with Crippen molar-refractivity contribution in [3.05, 3.63) is 23.8 Å². The number of carbonyl (C=O) groups excluding carboxylic acids is 1. The maximum Gasteiger partial charge on any atom is 0.311 e. The molecule has 0 radical (unpaired) electrons. The van der Waals surface area contributed by atoms with E-state index in [-0.39, 0.29) is 23.6 Å². The minimum atomic E-state index is -1.09. The van der Waals surface area contributed by atoms with Gasteiger partial charge in [0.05, 0.1) is 5.41 Å². The third kappa shape index (κ3) is 3.15. The molecule has 6 nitrogen and oxygen atoms in total. The van der Waals surface area contributed by atoms with E-state index >= 15 is 0 Å². The molecule has 0 aromatic heterocycles. The normalized spacial score (nSPS) is 13.6. The first kappa shape index (κ1) is 14.8. The third-order valence-electron chi connectivity index (χ3n) is 3.18. The lowest BCUT2D eigenvalue weighted by molar-refractivity contribution is -0.147. The van der Waals surface area contributed by atoms with Crippen LogP contribution in [0.25, 0.3) is 0 Å². The van der Waals surface area contributed by atoms with Gasteiger partial charge in [-0.2, -0.15) is 0 Å². The summed E-state index contributed by atoms with van der Waals surface area (Å²) in [5.41, 5.74) is -1.35. The Bertz CT molecular complexity index is 480. The molecule has 0 aliphatic rings. The van der Waals surface area contributed by atoms with E-state index in [1.54, 1.807) is 6.92 Å². The zero-order chi connectivity index (χ0) is 14.6. The van der Waals surface area contributed by atoms with E-state index in [0.717, 1.165) is 0 Å². The Morgan fingerprint density at radius 3 is 2.21 bits per heavy atom. The van der Waals surface area contributed by atoms with Gasteiger partial charge >= 0.3 is 5.97 Å². The molecule has 4 N–H and O–H groups in total. The van der Waals surface area contributed by atoms with Gasteiger partial charge in [0.15, 0.2) is 0 Å². The second-order valence-corrected chi connectivity index (χ2v) is 4.57. The van der Waals surface area contributed by atoms with Crippen LogP contribution in [0.15, 0.2) is 18.2 Å². The fourth-order valence-corrected chi connectivity index (χ4v) is 1.48. The largest absolute Gasteiger partial charge is 0.507 e. The summed E-state index contributed by atoms with van der Waals surface area (Å²) < 4.78 is 0. The van der Waals surface area contributed by atoms with E-state index in [1.807, 2.05) is 0 Å². The van der Waals surface area contributed by atoms with Gasteiger partial charge in [-0.1, -0.05) is 13.0 Å². The first-order valence-electron chi connectivity index (χ1n) is 5.84. The molecule has 0 saturated heterocycles. The van der Waals surface area contributed by atoms with Crippen molar-refractivity contribution in [1.82, 2.24) is 5.32 Å². The molecule has 0 saturated carbocycles. The van der Waals surface area contributed by atoms with E-state index in [0.29, 0.717) is 6.42 Å². The highest BCUT2D eigenvalue weighted by molar-refractivity contribution is 5.99. The fourth-order valence-electron chi connectivity index (χ4n) is 1.48. The van der Waals surface area contributed by atoms with Gasteiger partial charge in [-0.25, -0.2) is 0 Å². The van der Waals surface area contributed by atoms with Gasteiger partial charge in [-0.05, 0) is 25.5 Å². The summed E-state index contributed by atoms with van der Waals surface area (Å²) in [4.78, 5) is 22.9. The van der Waals surface area contributed by atoms with Gasteiger partial charge < -0.3 is 20.6 Å². The smallest absolute Gasteiger partial charge is 0.311 e. The highest BCUT2D eigenvalue weighted by atomic mass is 16.4. The number of nitrogens with one attached hydrogen (secondary N) is 1. The molecular formula is C13H17NO5. The van der Waals surface area contributed by atoms with E-state index in [1.165, 1.54) is 25.1 Å². The number of phenols is 2. The lowest BCUT2D eigenvalue weighted by Gasteiger charge is -2.23. The number of phenolic OH excluding ortho intramolecular Hbond substituents is 2. The molecule has 1 amide bonds. The van der Waals surface area contributed by atoms with E-state index in [4.69, 9.17) is 5.11 Å². The number of hydrogen-bond acceptors (Lipinski definition) is 4. The molecule has 6 heteroatoms. The summed E-state index contributed by atoms with van der Waals surface area (Å²) in [6.45, 7) is 3.13. The van der Waals surface area contributed by atoms with Crippen LogP contribution in [0.1, 0.15) is 30.6 Å². The predicted molar refractivity (Wildman–Crippen MR) is 68.1 cm³/mol. The number of aromatic hydroxyl groups is 2. The second-order valence-electron chi connectivity index (χ2n) is 4.57. The van der Waals surface area contributed by atoms with Crippen molar-refractivity contribution in [1.29, 1.82) is 0 Å². The van der Waals surface area contributed by atoms with Crippen LogP contribution in [0.5, 0.6) is 11.5 Å². The minimum Gasteiger partial charge on any atom is -0.507 e. The maximum absolute atomic E-state index is 11.8. The second kappa shape index (κ2) is 5.60. The molecule has 0 bridgehead atoms. The van der Waals surface area contributed by atoms with Crippen molar-refractivity contribution >= 4 is 11.9 Å². The van der Waals surface area contributed by atoms with Gasteiger partial charge in [-0.3, -0.25) is 9.59 Å². The topological polar surface area (TPSA) is 107 Å². The van der Waals surface area contributed by atoms with Crippen LogP contribution >= 0.6 is 0 Å². The number of carboxylic acid groups (broad SMARTS) is 1. The van der Waals surface area contributed by atoms with Crippen LogP contribution in [-0.4, -0.2) is 33.7 Å². The molecule has 0 fully saturated rings. The van der Waals surface area contributed by atoms with Crippen molar-refractivity contribution in [2.75, 3.05) is 6.54 Å². The molecule has 0 spiro atoms. The monoisotopic (exact) mass is 267 g/mol. The summed E-state index contributed by atoms with van der Waals surface area (Å²) in [5.74, 6) is -2.44. The quantitative estimate of drug-likeness (QED) is 0.644. The van der Waals surface area contributed by atoms with Gasteiger partial charge in [0.1, 0.15) is 17.1 Å². The zero-order valence-electron chi connectivity index (χ0n) is 10.8. The highest BCUT2D eigenvalue weighted by Crippen LogP contribution is 2.26. The van der Waals surface area contributed by atoms with Crippen LogP contribution < -0.4 is 5.32 Å². The molecule has 1 atom stereocenters. The van der Waals surface area contributed by atoms with Crippen molar-refractivity contribution in [3.63, 3.8) is 0 Å². The van der Waals surface area contributed by atoms with Crippen LogP contribution in [0.2, 0.25) is 0 Å². The Morgan fingerprint density at radius 1 is 1.26 bits per heavy atom. The summed E-state index contributed by atoms with van der Waals surface area (Å²) in [6, 6.07) is 3.94. The molecule has 1 aromatic rings. The number of carbonyl (C=O) groups is 2. The number of hydrogen-bond donors (Lipinski definition) is 4. The van der Waals surface area contributed by atoms with Crippen LogP contribution in [0.4, 0.5) is 0 Å². The van der Waals surface area contributed by atoms with Gasteiger partial charge in [-0.15, -0.1) is 0 Å². The maximum atomic E-state index is 11.8. The Morgan fingerprint density at radius 2 is 1.79 bits per heavy atom. The molecule has 104 valence electrons. The van der Waals surface area contributed by atoms with Crippen molar-refractivity contribution in [2.24, 2.45) is 5.41 Å². The Hall–Kier alpha value is -2.24. The van der Waals surface area contributed by atoms with Gasteiger partial charge in [0.2, 0.25) is 0 Å². The van der Waals surface area contributed by atoms with Gasteiger partial charge in [0.25, 0.3) is 5.91 Å². The minimum absolute atomic E-state index is 0.0918. The van der Waals surface area contributed by atoms with Gasteiger partial charge in [0, 0.05) is 6.54 Å². The Labute approximate surface area is 110 Å². The predicted octanol–water partition coefficient (Wildman–Crippen LogP) is 1.33. The number of aliphatic carboxylic acids is 1. The molecule has 1 unspecified atom stereocenters. The number of amides is 1. The standard InChI is InChI=1S/C13H17NO5/c1-3-13(2,12(18)19)7-14-11(17)10-8(15)5-4-6-9(10)16/h4-6,15-16H,3,7H2,1-2H3,(H,14,17)(H,18,19). The molecule has 1 aromatic carbocycles. The molecule has 0 heterocycles. The lowest BCUT2D eigenvalue weighted by atomic mass is 9.87. The SMILES string of the molecule is CCC(C)(CNC(=O)c1c(O)cccc1O)C(=O)O. The third-order valence-corrected chi connectivity index (χ3v) is 3.18. The Kier molecular flexibility index (Phi) is 4.37. The Balaban J connectivity index is 2.84. The first-order valence-corrected chi connectivity index (χ1v) is 5.84. The highest BCUT2D eigenvalue weighted by Gasteiger charge is 2.32. The first-order chi connectivity index (χ1) is 8.81. The van der Waals surface area contributed by atoms with Crippen LogP contribution in [0.3, 0.4) is 0 Å². The van der Waals surface area contributed by atoms with Crippen molar-refractivity contribution in [2.45, 2.75) is 20.3 Å². The number of carboxylic acids is 1. The van der Waals surface area contributed by atoms with E-state index < -0.39 is 17.3 Å². The summed E-state index contributed by atoms with van der Waals surface area (Å²) in [5, 5.41) is 30.5. The zero-order valence-corrected chi connectivity index (χ0v) is 10.8. The van der Waals surface area contributed by atoms with E-state index in [2.05, 4.69) is 5.32 Å². The molecule has 0 aliphatic heterocycles. The van der Waals surface area contributed by atoms with Crippen molar-refractivity contribution < 1.29 is 24.9 Å². The summed E-state index contributed by atoms with van der Waals surface area (Å²) in [7, 11) is 0.